The van der Waals surface area contributed by atoms with E-state index >= 15 is 0 Å². The summed E-state index contributed by atoms with van der Waals surface area (Å²) < 4.78 is 5.33. The van der Waals surface area contributed by atoms with Crippen LogP contribution in [0.5, 0.6) is 0 Å². The Morgan fingerprint density at radius 3 is 2.33 bits per heavy atom. The van der Waals surface area contributed by atoms with Gasteiger partial charge in [-0.15, -0.1) is 0 Å². The SMILES string of the molecule is CC(NC1CCC(NC(=O)OC(C)(C)C)C1)C1CCCC1. The first-order valence-electron chi connectivity index (χ1n) is 8.59. The fourth-order valence-electron chi connectivity index (χ4n) is 3.70. The summed E-state index contributed by atoms with van der Waals surface area (Å²) in [6.07, 6.45) is 8.48. The first-order valence-corrected chi connectivity index (χ1v) is 8.59. The smallest absolute Gasteiger partial charge is 0.407 e. The molecule has 2 rings (SSSR count). The fourth-order valence-corrected chi connectivity index (χ4v) is 3.70. The number of alkyl carbamates (subject to hydrolysis) is 1. The van der Waals surface area contributed by atoms with Crippen LogP contribution >= 0.6 is 0 Å². The van der Waals surface area contributed by atoms with Crippen molar-refractivity contribution in [3.63, 3.8) is 0 Å². The number of carbonyl (C=O) groups is 1. The second-order valence-electron chi connectivity index (χ2n) is 7.85. The Morgan fingerprint density at radius 1 is 1.10 bits per heavy atom. The number of hydrogen-bond donors (Lipinski definition) is 2. The zero-order valence-electron chi connectivity index (χ0n) is 14.1. The van der Waals surface area contributed by atoms with Gasteiger partial charge >= 0.3 is 6.09 Å². The van der Waals surface area contributed by atoms with Crippen LogP contribution in [0.2, 0.25) is 0 Å². The third-order valence-corrected chi connectivity index (χ3v) is 4.76. The largest absolute Gasteiger partial charge is 0.444 e. The van der Waals surface area contributed by atoms with Crippen molar-refractivity contribution in [3.05, 3.63) is 0 Å². The molecule has 2 fully saturated rings. The van der Waals surface area contributed by atoms with Crippen molar-refractivity contribution >= 4 is 6.09 Å². The first kappa shape index (κ1) is 16.6. The molecule has 0 saturated heterocycles. The molecule has 4 heteroatoms. The van der Waals surface area contributed by atoms with Crippen LogP contribution in [0.1, 0.15) is 72.6 Å². The van der Waals surface area contributed by atoms with Gasteiger partial charge in [0.05, 0.1) is 0 Å². The van der Waals surface area contributed by atoms with E-state index in [-0.39, 0.29) is 12.1 Å². The van der Waals surface area contributed by atoms with Crippen molar-refractivity contribution in [2.45, 2.75) is 96.4 Å². The predicted octanol–water partition coefficient (Wildman–Crippen LogP) is 3.60. The van der Waals surface area contributed by atoms with Crippen molar-refractivity contribution in [1.29, 1.82) is 0 Å². The summed E-state index contributed by atoms with van der Waals surface area (Å²) in [7, 11) is 0. The van der Waals surface area contributed by atoms with Crippen LogP contribution in [-0.4, -0.2) is 29.8 Å². The van der Waals surface area contributed by atoms with E-state index in [1.54, 1.807) is 0 Å². The topological polar surface area (TPSA) is 50.4 Å². The summed E-state index contributed by atoms with van der Waals surface area (Å²) in [6, 6.07) is 1.41. The molecule has 0 heterocycles. The highest BCUT2D eigenvalue weighted by molar-refractivity contribution is 5.68. The van der Waals surface area contributed by atoms with Crippen LogP contribution in [0.15, 0.2) is 0 Å². The number of amides is 1. The number of nitrogens with one attached hydrogen (secondary N) is 2. The zero-order valence-corrected chi connectivity index (χ0v) is 14.1. The molecule has 21 heavy (non-hydrogen) atoms. The van der Waals surface area contributed by atoms with Gasteiger partial charge in [0.1, 0.15) is 5.60 Å². The molecule has 2 aliphatic carbocycles. The number of hydrogen-bond acceptors (Lipinski definition) is 3. The Labute approximate surface area is 129 Å². The molecule has 0 aromatic heterocycles. The van der Waals surface area contributed by atoms with E-state index in [0.717, 1.165) is 25.2 Å². The van der Waals surface area contributed by atoms with Crippen molar-refractivity contribution in [2.24, 2.45) is 5.92 Å². The Balaban J connectivity index is 1.69. The van der Waals surface area contributed by atoms with Gasteiger partial charge in [0, 0.05) is 18.1 Å². The Bertz CT molecular complexity index is 345. The van der Waals surface area contributed by atoms with Crippen LogP contribution in [0, 0.1) is 5.92 Å². The molecule has 2 aliphatic rings. The second-order valence-corrected chi connectivity index (χ2v) is 7.85. The van der Waals surface area contributed by atoms with Crippen LogP contribution in [0.25, 0.3) is 0 Å². The third kappa shape index (κ3) is 5.50. The van der Waals surface area contributed by atoms with Crippen molar-refractivity contribution in [2.75, 3.05) is 0 Å². The van der Waals surface area contributed by atoms with Crippen molar-refractivity contribution in [3.8, 4) is 0 Å². The maximum Gasteiger partial charge on any atom is 0.407 e. The van der Waals surface area contributed by atoms with Gasteiger partial charge in [-0.2, -0.15) is 0 Å². The minimum atomic E-state index is -0.419. The van der Waals surface area contributed by atoms with Gasteiger partial charge in [0.15, 0.2) is 0 Å². The Morgan fingerprint density at radius 2 is 1.71 bits per heavy atom. The molecule has 3 unspecified atom stereocenters. The minimum Gasteiger partial charge on any atom is -0.444 e. The quantitative estimate of drug-likeness (QED) is 0.833. The molecule has 0 bridgehead atoms. The standard InChI is InChI=1S/C17H32N2O2/c1-12(13-7-5-6-8-13)18-14-9-10-15(11-14)19-16(20)21-17(2,3)4/h12-15,18H,5-11H2,1-4H3,(H,19,20). The van der Waals surface area contributed by atoms with Gasteiger partial charge < -0.3 is 15.4 Å². The highest BCUT2D eigenvalue weighted by Gasteiger charge is 2.30. The first-order chi connectivity index (χ1) is 9.83. The van der Waals surface area contributed by atoms with Crippen LogP contribution in [0.4, 0.5) is 4.79 Å². The lowest BCUT2D eigenvalue weighted by Gasteiger charge is -2.25. The van der Waals surface area contributed by atoms with Crippen LogP contribution < -0.4 is 10.6 Å². The average molecular weight is 296 g/mol. The molecule has 0 aromatic carbocycles. The van der Waals surface area contributed by atoms with E-state index in [0.29, 0.717) is 12.1 Å². The van der Waals surface area contributed by atoms with E-state index in [1.165, 1.54) is 25.7 Å². The Kier molecular flexibility index (Phi) is 5.53. The fraction of sp³-hybridized carbons (Fsp3) is 0.941. The van der Waals surface area contributed by atoms with E-state index in [9.17, 15) is 4.79 Å². The third-order valence-electron chi connectivity index (χ3n) is 4.76. The van der Waals surface area contributed by atoms with Gasteiger partial charge in [0.25, 0.3) is 0 Å². The molecule has 1 amide bonds. The van der Waals surface area contributed by atoms with Crippen molar-refractivity contribution in [1.82, 2.24) is 10.6 Å². The highest BCUT2D eigenvalue weighted by Crippen LogP contribution is 2.29. The lowest BCUT2D eigenvalue weighted by atomic mass is 9.99. The molecule has 0 spiro atoms. The van der Waals surface area contributed by atoms with E-state index in [2.05, 4.69) is 17.6 Å². The van der Waals surface area contributed by atoms with Crippen molar-refractivity contribution < 1.29 is 9.53 Å². The summed E-state index contributed by atoms with van der Waals surface area (Å²) in [5.41, 5.74) is -0.419. The number of rotatable bonds is 4. The molecule has 4 nitrogen and oxygen atoms in total. The second kappa shape index (κ2) is 6.99. The summed E-state index contributed by atoms with van der Waals surface area (Å²) in [6.45, 7) is 8.02. The minimum absolute atomic E-state index is 0.258. The highest BCUT2D eigenvalue weighted by atomic mass is 16.6. The summed E-state index contributed by atoms with van der Waals surface area (Å²) in [5.74, 6) is 0.850. The maximum atomic E-state index is 11.8. The average Bonchev–Trinajstić information content (AvgIpc) is 2.97. The monoisotopic (exact) mass is 296 g/mol. The molecule has 122 valence electrons. The summed E-state index contributed by atoms with van der Waals surface area (Å²) in [5, 5.41) is 6.79. The van der Waals surface area contributed by atoms with E-state index in [1.807, 2.05) is 20.8 Å². The number of ether oxygens (including phenoxy) is 1. The molecule has 2 saturated carbocycles. The van der Waals surface area contributed by atoms with Crippen LogP contribution in [-0.2, 0) is 4.74 Å². The van der Waals surface area contributed by atoms with Crippen LogP contribution in [0.3, 0.4) is 0 Å². The van der Waals surface area contributed by atoms with Gasteiger partial charge in [-0.3, -0.25) is 0 Å². The lowest BCUT2D eigenvalue weighted by Crippen LogP contribution is -2.41. The van der Waals surface area contributed by atoms with E-state index in [4.69, 9.17) is 4.74 Å². The normalized spacial score (nSPS) is 28.6. The molecule has 0 radical (unpaired) electrons. The zero-order chi connectivity index (χ0) is 15.5. The molecular formula is C17H32N2O2. The van der Waals surface area contributed by atoms with Gasteiger partial charge in [-0.25, -0.2) is 4.79 Å². The van der Waals surface area contributed by atoms with Gasteiger partial charge in [-0.05, 0) is 65.7 Å². The molecule has 0 aromatic rings. The Hall–Kier alpha value is -0.770. The molecular weight excluding hydrogens is 264 g/mol. The lowest BCUT2D eigenvalue weighted by molar-refractivity contribution is 0.0505. The van der Waals surface area contributed by atoms with E-state index < -0.39 is 5.60 Å². The summed E-state index contributed by atoms with van der Waals surface area (Å²) >= 11 is 0. The number of carbonyl (C=O) groups excluding carboxylic acids is 1. The molecule has 2 N–H and O–H groups in total. The van der Waals surface area contributed by atoms with Gasteiger partial charge in [-0.1, -0.05) is 12.8 Å². The molecule has 3 atom stereocenters. The van der Waals surface area contributed by atoms with Gasteiger partial charge in [0.2, 0.25) is 0 Å². The molecule has 0 aliphatic heterocycles. The summed E-state index contributed by atoms with van der Waals surface area (Å²) in [4.78, 5) is 11.8. The predicted molar refractivity (Wildman–Crippen MR) is 85.4 cm³/mol. The maximum absolute atomic E-state index is 11.8.